The van der Waals surface area contributed by atoms with Crippen molar-refractivity contribution in [1.29, 1.82) is 0 Å². The van der Waals surface area contributed by atoms with Crippen LogP contribution in [0.1, 0.15) is 17.5 Å². The van der Waals surface area contributed by atoms with Gasteiger partial charge in [0.05, 0.1) is 14.2 Å². The maximum absolute atomic E-state index is 12.0. The minimum Gasteiger partial charge on any atom is -0.493 e. The molecule has 0 aliphatic heterocycles. The second-order valence-corrected chi connectivity index (χ2v) is 6.06. The van der Waals surface area contributed by atoms with Crippen LogP contribution in [-0.4, -0.2) is 26.7 Å². The second-order valence-electron chi connectivity index (χ2n) is 5.62. The van der Waals surface area contributed by atoms with Crippen LogP contribution in [-0.2, 0) is 11.3 Å². The van der Waals surface area contributed by atoms with Crippen LogP contribution in [0.3, 0.4) is 0 Å². The lowest BCUT2D eigenvalue weighted by Crippen LogP contribution is -2.21. The van der Waals surface area contributed by atoms with Crippen molar-refractivity contribution in [2.45, 2.75) is 19.9 Å². The average Bonchev–Trinajstić information content (AvgIpc) is 2.61. The van der Waals surface area contributed by atoms with E-state index in [0.717, 1.165) is 16.8 Å². The number of amides is 1. The van der Waals surface area contributed by atoms with E-state index in [9.17, 15) is 4.79 Å². The van der Waals surface area contributed by atoms with Gasteiger partial charge in [-0.3, -0.25) is 4.79 Å². The first-order chi connectivity index (χ1) is 12.0. The molecule has 5 nitrogen and oxygen atoms in total. The Balaban J connectivity index is 1.79. The molecule has 0 spiro atoms. The molecule has 1 amide bonds. The highest BCUT2D eigenvalue weighted by Gasteiger charge is 2.07. The van der Waals surface area contributed by atoms with Crippen LogP contribution in [0.4, 0.5) is 5.69 Å². The van der Waals surface area contributed by atoms with E-state index in [0.29, 0.717) is 36.0 Å². The second kappa shape index (κ2) is 9.30. The first-order valence-electron chi connectivity index (χ1n) is 8.01. The molecule has 0 unspecified atom stereocenters. The number of halogens is 1. The van der Waals surface area contributed by atoms with E-state index in [2.05, 4.69) is 10.6 Å². The minimum absolute atomic E-state index is 0.0508. The first kappa shape index (κ1) is 19.1. The van der Waals surface area contributed by atoms with Crippen molar-refractivity contribution in [2.75, 3.05) is 26.1 Å². The average molecular weight is 363 g/mol. The van der Waals surface area contributed by atoms with Crippen molar-refractivity contribution >= 4 is 23.2 Å². The molecule has 0 saturated carbocycles. The lowest BCUT2D eigenvalue weighted by atomic mass is 10.2. The van der Waals surface area contributed by atoms with Gasteiger partial charge in [0, 0.05) is 30.2 Å². The number of nitrogens with one attached hydrogen (secondary N) is 2. The normalized spacial score (nSPS) is 10.4. The summed E-state index contributed by atoms with van der Waals surface area (Å²) in [4.78, 5) is 12.0. The fraction of sp³-hybridized carbons (Fsp3) is 0.316. The van der Waals surface area contributed by atoms with E-state index in [1.54, 1.807) is 26.4 Å². The van der Waals surface area contributed by atoms with Gasteiger partial charge in [-0.25, -0.2) is 0 Å². The quantitative estimate of drug-likeness (QED) is 0.701. The highest BCUT2D eigenvalue weighted by atomic mass is 35.5. The van der Waals surface area contributed by atoms with Crippen molar-refractivity contribution in [1.82, 2.24) is 5.32 Å². The maximum atomic E-state index is 12.0. The molecule has 0 aliphatic carbocycles. The molecule has 2 rings (SSSR count). The number of carbonyl (C=O) groups is 1. The summed E-state index contributed by atoms with van der Waals surface area (Å²) in [6.07, 6.45) is 0.374. The SMILES string of the molecule is COc1ccc(CNCCC(=O)Nc2cc(Cl)ccc2C)cc1OC. The van der Waals surface area contributed by atoms with Crippen LogP contribution in [0.5, 0.6) is 11.5 Å². The van der Waals surface area contributed by atoms with Crippen LogP contribution in [0.2, 0.25) is 5.02 Å². The minimum atomic E-state index is -0.0508. The molecule has 0 radical (unpaired) electrons. The van der Waals surface area contributed by atoms with Gasteiger partial charge in [0.1, 0.15) is 0 Å². The Morgan fingerprint density at radius 3 is 2.56 bits per heavy atom. The summed E-state index contributed by atoms with van der Waals surface area (Å²) in [5.74, 6) is 1.34. The molecule has 0 aliphatic rings. The summed E-state index contributed by atoms with van der Waals surface area (Å²) in [5.41, 5.74) is 2.79. The Kier molecular flexibility index (Phi) is 7.10. The van der Waals surface area contributed by atoms with E-state index in [-0.39, 0.29) is 5.91 Å². The third kappa shape index (κ3) is 5.66. The van der Waals surface area contributed by atoms with Crippen molar-refractivity contribution in [3.8, 4) is 11.5 Å². The van der Waals surface area contributed by atoms with Crippen molar-refractivity contribution in [3.05, 3.63) is 52.5 Å². The number of hydrogen-bond donors (Lipinski definition) is 2. The number of hydrogen-bond acceptors (Lipinski definition) is 4. The largest absolute Gasteiger partial charge is 0.493 e. The molecule has 0 bridgehead atoms. The Morgan fingerprint density at radius 1 is 1.08 bits per heavy atom. The monoisotopic (exact) mass is 362 g/mol. The van der Waals surface area contributed by atoms with Crippen LogP contribution in [0.15, 0.2) is 36.4 Å². The van der Waals surface area contributed by atoms with Gasteiger partial charge in [0.25, 0.3) is 0 Å². The molecule has 6 heteroatoms. The molecule has 25 heavy (non-hydrogen) atoms. The Morgan fingerprint density at radius 2 is 1.84 bits per heavy atom. The molecule has 0 fully saturated rings. The smallest absolute Gasteiger partial charge is 0.225 e. The Hall–Kier alpha value is -2.24. The number of rotatable bonds is 8. The zero-order valence-corrected chi connectivity index (χ0v) is 15.4. The predicted molar refractivity (Wildman–Crippen MR) is 101 cm³/mol. The fourth-order valence-electron chi connectivity index (χ4n) is 2.37. The standard InChI is InChI=1S/C19H23ClN2O3/c1-13-4-6-15(20)11-16(13)22-19(23)8-9-21-12-14-5-7-17(24-2)18(10-14)25-3/h4-7,10-11,21H,8-9,12H2,1-3H3,(H,22,23). The molecule has 0 atom stereocenters. The molecule has 2 N–H and O–H groups in total. The lowest BCUT2D eigenvalue weighted by molar-refractivity contribution is -0.116. The van der Waals surface area contributed by atoms with Gasteiger partial charge in [0.15, 0.2) is 11.5 Å². The number of methoxy groups -OCH3 is 2. The van der Waals surface area contributed by atoms with Gasteiger partial charge in [-0.15, -0.1) is 0 Å². The fourth-order valence-corrected chi connectivity index (χ4v) is 2.54. The van der Waals surface area contributed by atoms with Crippen LogP contribution in [0.25, 0.3) is 0 Å². The highest BCUT2D eigenvalue weighted by Crippen LogP contribution is 2.27. The topological polar surface area (TPSA) is 59.6 Å². The van der Waals surface area contributed by atoms with Gasteiger partial charge in [-0.1, -0.05) is 23.7 Å². The zero-order valence-electron chi connectivity index (χ0n) is 14.7. The van der Waals surface area contributed by atoms with Gasteiger partial charge < -0.3 is 20.1 Å². The van der Waals surface area contributed by atoms with Gasteiger partial charge in [-0.2, -0.15) is 0 Å². The van der Waals surface area contributed by atoms with E-state index >= 15 is 0 Å². The van der Waals surface area contributed by atoms with Gasteiger partial charge >= 0.3 is 0 Å². The molecule has 0 aromatic heterocycles. The molecule has 0 heterocycles. The third-order valence-electron chi connectivity index (χ3n) is 3.78. The van der Waals surface area contributed by atoms with Crippen molar-refractivity contribution in [2.24, 2.45) is 0 Å². The van der Waals surface area contributed by atoms with Crippen molar-refractivity contribution in [3.63, 3.8) is 0 Å². The summed E-state index contributed by atoms with van der Waals surface area (Å²) >= 11 is 5.96. The summed E-state index contributed by atoms with van der Waals surface area (Å²) in [7, 11) is 3.22. The third-order valence-corrected chi connectivity index (χ3v) is 4.01. The van der Waals surface area contributed by atoms with Crippen molar-refractivity contribution < 1.29 is 14.3 Å². The Labute approximate surface area is 153 Å². The molecule has 134 valence electrons. The molecular weight excluding hydrogens is 340 g/mol. The van der Waals surface area contributed by atoms with Gasteiger partial charge in [-0.05, 0) is 42.3 Å². The van der Waals surface area contributed by atoms with E-state index < -0.39 is 0 Å². The zero-order chi connectivity index (χ0) is 18.2. The predicted octanol–water partition coefficient (Wildman–Crippen LogP) is 3.78. The molecule has 2 aromatic carbocycles. The molecule has 2 aromatic rings. The first-order valence-corrected chi connectivity index (χ1v) is 8.39. The van der Waals surface area contributed by atoms with Crippen LogP contribution < -0.4 is 20.1 Å². The summed E-state index contributed by atoms with van der Waals surface area (Å²) in [6.45, 7) is 3.14. The van der Waals surface area contributed by atoms with E-state index in [1.807, 2.05) is 31.2 Å². The molecule has 0 saturated heterocycles. The molecular formula is C19H23ClN2O3. The van der Waals surface area contributed by atoms with E-state index in [4.69, 9.17) is 21.1 Å². The van der Waals surface area contributed by atoms with E-state index in [1.165, 1.54) is 0 Å². The number of carbonyl (C=O) groups excluding carboxylic acids is 1. The lowest BCUT2D eigenvalue weighted by Gasteiger charge is -2.11. The number of ether oxygens (including phenoxy) is 2. The Bertz CT molecular complexity index is 735. The van der Waals surface area contributed by atoms with Crippen LogP contribution in [0, 0.1) is 6.92 Å². The number of benzene rings is 2. The van der Waals surface area contributed by atoms with Crippen LogP contribution >= 0.6 is 11.6 Å². The summed E-state index contributed by atoms with van der Waals surface area (Å²) < 4.78 is 10.5. The summed E-state index contributed by atoms with van der Waals surface area (Å²) in [5, 5.41) is 6.74. The highest BCUT2D eigenvalue weighted by molar-refractivity contribution is 6.31. The number of anilines is 1. The summed E-state index contributed by atoms with van der Waals surface area (Å²) in [6, 6.07) is 11.2. The maximum Gasteiger partial charge on any atom is 0.225 e. The number of aryl methyl sites for hydroxylation is 1. The van der Waals surface area contributed by atoms with Gasteiger partial charge in [0.2, 0.25) is 5.91 Å².